The minimum absolute atomic E-state index is 0.500. The van der Waals surface area contributed by atoms with Gasteiger partial charge in [0.15, 0.2) is 0 Å². The first-order valence-electron chi connectivity index (χ1n) is 17.1. The van der Waals surface area contributed by atoms with Gasteiger partial charge in [0.25, 0.3) is 0 Å². The zero-order chi connectivity index (χ0) is 35.4. The van der Waals surface area contributed by atoms with Gasteiger partial charge in [-0.2, -0.15) is 11.3 Å². The lowest BCUT2D eigenvalue weighted by molar-refractivity contribution is 0.0692. The monoisotopic (exact) mass is 733 g/mol. The second-order valence-electron chi connectivity index (χ2n) is 10.0. The third-order valence-electron chi connectivity index (χ3n) is 5.88. The molecule has 280 valence electrons. The molecule has 5 aromatic rings. The molecule has 5 fully saturated rings. The highest BCUT2D eigenvalue weighted by atomic mass is 32.1. The third-order valence-corrected chi connectivity index (χ3v) is 7.03. The van der Waals surface area contributed by atoms with E-state index in [1.165, 1.54) is 45.2 Å². The molecule has 5 aliphatic rings. The van der Waals surface area contributed by atoms with E-state index >= 15 is 0 Å². The van der Waals surface area contributed by atoms with Crippen LogP contribution >= 0.6 is 22.7 Å². The van der Waals surface area contributed by atoms with Crippen LogP contribution in [0.4, 0.5) is 0 Å². The van der Waals surface area contributed by atoms with E-state index < -0.39 is 0 Å². The van der Waals surface area contributed by atoms with Crippen molar-refractivity contribution in [2.75, 3.05) is 79.2 Å². The fraction of sp³-hybridized carbons (Fsp3) is 0.486. The summed E-state index contributed by atoms with van der Waals surface area (Å²) in [5.74, 6) is 0. The van der Waals surface area contributed by atoms with E-state index in [1.807, 2.05) is 64.9 Å². The number of nitrogens with one attached hydrogen (secondary N) is 7. The summed E-state index contributed by atoms with van der Waals surface area (Å²) in [6.07, 6.45) is 20.5. The van der Waals surface area contributed by atoms with Crippen LogP contribution in [0.15, 0.2) is 112 Å². The molecule has 15 heteroatoms. The number of rotatable bonds is 0. The summed E-state index contributed by atoms with van der Waals surface area (Å²) < 4.78 is 19.0. The van der Waals surface area contributed by atoms with Gasteiger partial charge < -0.3 is 44.5 Å². The van der Waals surface area contributed by atoms with Crippen LogP contribution in [0.3, 0.4) is 0 Å². The van der Waals surface area contributed by atoms with Crippen molar-refractivity contribution < 1.29 is 18.6 Å². The molecule has 0 amide bonds. The molecular weight excluding hydrogens is 675 g/mol. The van der Waals surface area contributed by atoms with E-state index in [9.17, 15) is 0 Å². The van der Waals surface area contributed by atoms with Crippen LogP contribution < -0.4 is 26.8 Å². The minimum atomic E-state index is 0.500. The van der Waals surface area contributed by atoms with Gasteiger partial charge in [0.2, 0.25) is 0 Å². The van der Waals surface area contributed by atoms with Crippen LogP contribution in [0.5, 0.6) is 0 Å². The molecule has 0 spiro atoms. The zero-order valence-electron chi connectivity index (χ0n) is 29.3. The van der Waals surface area contributed by atoms with E-state index in [0.29, 0.717) is 6.79 Å². The Bertz CT molecular complexity index is 769. The number of imidazole rings is 1. The van der Waals surface area contributed by atoms with Gasteiger partial charge in [-0.15, -0.1) is 11.3 Å². The Morgan fingerprint density at radius 2 is 1.18 bits per heavy atom. The number of thiophene rings is 1. The van der Waals surface area contributed by atoms with E-state index in [2.05, 4.69) is 51.2 Å². The van der Waals surface area contributed by atoms with Gasteiger partial charge in [-0.25, -0.2) is 4.98 Å². The Morgan fingerprint density at radius 3 is 1.38 bits per heavy atom. The maximum Gasteiger partial charge on any atom is 0.146 e. The van der Waals surface area contributed by atoms with E-state index in [-0.39, 0.29) is 0 Å². The normalized spacial score (nSPS) is 16.0. The molecule has 0 aromatic carbocycles. The van der Waals surface area contributed by atoms with Gasteiger partial charge in [0.05, 0.1) is 37.6 Å². The summed E-state index contributed by atoms with van der Waals surface area (Å²) in [5.41, 5.74) is 7.74. The summed E-state index contributed by atoms with van der Waals surface area (Å²) in [6.45, 7) is 12.1. The zero-order valence-corrected chi connectivity index (χ0v) is 30.9. The maximum atomic E-state index is 4.94. The van der Waals surface area contributed by atoms with Crippen LogP contribution in [0.25, 0.3) is 0 Å². The van der Waals surface area contributed by atoms with Crippen molar-refractivity contribution in [1.29, 1.82) is 0 Å². The largest absolute Gasteiger partial charge is 0.473 e. The summed E-state index contributed by atoms with van der Waals surface area (Å²) in [7, 11) is 0. The molecule has 13 nitrogen and oxygen atoms in total. The summed E-state index contributed by atoms with van der Waals surface area (Å²) in [4.78, 5) is 13.0. The van der Waals surface area contributed by atoms with Gasteiger partial charge in [-0.3, -0.25) is 15.8 Å². The molecule has 0 bridgehead atoms. The fourth-order valence-electron chi connectivity index (χ4n) is 3.44. The number of hydrogen-bond acceptors (Lipinski definition) is 13. The summed E-state index contributed by atoms with van der Waals surface area (Å²) >= 11 is 3.31. The van der Waals surface area contributed by atoms with Gasteiger partial charge in [0.1, 0.15) is 6.79 Å². The molecule has 0 radical (unpaired) electrons. The highest BCUT2D eigenvalue weighted by Gasteiger charge is 1.95. The number of thiazole rings is 1. The topological polar surface area (TPSA) is 158 Å². The molecule has 50 heavy (non-hydrogen) atoms. The first-order valence-corrected chi connectivity index (χ1v) is 19.0. The lowest BCUT2D eigenvalue weighted by atomic mass is 10.4. The van der Waals surface area contributed by atoms with Crippen molar-refractivity contribution in [2.45, 2.75) is 32.1 Å². The van der Waals surface area contributed by atoms with Crippen LogP contribution in [0.1, 0.15) is 32.1 Å². The fourth-order valence-corrected chi connectivity index (χ4v) is 4.24. The number of aromatic amines is 2. The van der Waals surface area contributed by atoms with Crippen LogP contribution in [0, 0.1) is 0 Å². The quantitative estimate of drug-likeness (QED) is 0.110. The average Bonchev–Trinajstić information content (AvgIpc) is 4.08. The Kier molecular flexibility index (Phi) is 37.6. The smallest absolute Gasteiger partial charge is 0.146 e. The van der Waals surface area contributed by atoms with E-state index in [4.69, 9.17) is 14.2 Å². The molecule has 5 saturated heterocycles. The van der Waals surface area contributed by atoms with Gasteiger partial charge in [-0.05, 0) is 80.2 Å². The van der Waals surface area contributed by atoms with Gasteiger partial charge in [-0.1, -0.05) is 12.1 Å². The number of nitrogens with zero attached hydrogens (tertiary/aromatic N) is 2. The predicted molar refractivity (Wildman–Crippen MR) is 205 cm³/mol. The number of H-pyrrole nitrogens is 2. The van der Waals surface area contributed by atoms with Crippen molar-refractivity contribution in [1.82, 2.24) is 46.7 Å². The standard InChI is InChI=1S/C4H9N.C4H5N.C4H8O.C4H4O.C4H4S.C3H8N2.C3H4N2.C3H8N2.C3H3NS.C3H6O2/c5*1-2-4-5-3-1;2*1-2-5-3-4-1;1-2-4-5-3-1;2*1-2-5-3-4-1/h5H,1-4H2;1-5H;1-4H2;2*1-4H;4-5H,1-3H2;1-3H,(H,4,5);4-5H,1-3H2;1-3H;1-3H2. The Hall–Kier alpha value is -3.22. The number of ether oxygens (including phenoxy) is 3. The molecule has 0 saturated carbocycles. The molecule has 5 aromatic heterocycles. The number of hydrogen-bond donors (Lipinski definition) is 7. The van der Waals surface area contributed by atoms with Crippen LogP contribution in [-0.2, 0) is 14.2 Å². The summed E-state index contributed by atoms with van der Waals surface area (Å²) in [6, 6.07) is 11.6. The third kappa shape index (κ3) is 39.2. The Labute approximate surface area is 306 Å². The van der Waals surface area contributed by atoms with Crippen LogP contribution in [0.2, 0.25) is 0 Å². The van der Waals surface area contributed by atoms with E-state index in [1.54, 1.807) is 65.6 Å². The van der Waals surface area contributed by atoms with Crippen LogP contribution in [-0.4, -0.2) is 99.1 Å². The SMILES string of the molecule is C1CCNC1.C1CCOC1.C1CNCN1.C1CNNC1.C1COCO1.c1c[nH]cn1.c1cc[nH]c1.c1ccoc1.c1ccsc1.c1cscn1. The first-order chi connectivity index (χ1) is 25.0. The number of hydrazine groups is 1. The average molecular weight is 734 g/mol. The molecular formula is C35H59N9O4S2. The molecule has 0 unspecified atom stereocenters. The van der Waals surface area contributed by atoms with Crippen molar-refractivity contribution in [3.8, 4) is 0 Å². The van der Waals surface area contributed by atoms with Crippen molar-refractivity contribution in [3.05, 3.63) is 108 Å². The predicted octanol–water partition coefficient (Wildman–Crippen LogP) is 5.37. The molecule has 0 atom stereocenters. The Balaban J connectivity index is 0.000000278. The molecule has 10 heterocycles. The molecule has 7 N–H and O–H groups in total. The maximum absolute atomic E-state index is 4.94. The molecule has 10 rings (SSSR count). The van der Waals surface area contributed by atoms with Gasteiger partial charge in [0, 0.05) is 82.4 Å². The van der Waals surface area contributed by atoms with Crippen molar-refractivity contribution in [2.24, 2.45) is 0 Å². The second kappa shape index (κ2) is 41.9. The summed E-state index contributed by atoms with van der Waals surface area (Å²) in [5, 5.41) is 15.5. The molecule has 5 aliphatic heterocycles. The second-order valence-corrected chi connectivity index (χ2v) is 11.6. The van der Waals surface area contributed by atoms with Crippen molar-refractivity contribution >= 4 is 22.7 Å². The highest BCUT2D eigenvalue weighted by molar-refractivity contribution is 7.07. The van der Waals surface area contributed by atoms with Crippen molar-refractivity contribution in [3.63, 3.8) is 0 Å². The number of furan rings is 1. The minimum Gasteiger partial charge on any atom is -0.473 e. The van der Waals surface area contributed by atoms with E-state index in [0.717, 1.165) is 59.3 Å². The molecule has 0 aliphatic carbocycles. The lowest BCUT2D eigenvalue weighted by Crippen LogP contribution is -2.21. The Morgan fingerprint density at radius 1 is 0.500 bits per heavy atom. The van der Waals surface area contributed by atoms with Gasteiger partial charge >= 0.3 is 0 Å². The number of aromatic nitrogens is 4. The highest BCUT2D eigenvalue weighted by Crippen LogP contribution is 1.98. The lowest BCUT2D eigenvalue weighted by Gasteiger charge is -1.81. The first kappa shape index (κ1) is 44.8.